The van der Waals surface area contributed by atoms with Crippen molar-refractivity contribution < 1.29 is 4.42 Å². The maximum atomic E-state index is 5.51. The molecule has 0 amide bonds. The lowest BCUT2D eigenvalue weighted by molar-refractivity contribution is 0.548. The van der Waals surface area contributed by atoms with Gasteiger partial charge in [-0.15, -0.1) is 0 Å². The molecule has 102 valence electrons. The molecule has 1 aromatic carbocycles. The molecule has 1 aromatic heterocycles. The van der Waals surface area contributed by atoms with Gasteiger partial charge in [-0.2, -0.15) is 0 Å². The largest absolute Gasteiger partial charge is 0.461 e. The first-order valence-corrected chi connectivity index (χ1v) is 6.39. The topological polar surface area (TPSA) is 13.1 Å². The molecule has 2 rings (SSSR count). The summed E-state index contributed by atoms with van der Waals surface area (Å²) in [4.78, 5) is 0. The zero-order chi connectivity index (χ0) is 13.3. The van der Waals surface area contributed by atoms with Crippen LogP contribution in [-0.4, -0.2) is 0 Å². The summed E-state index contributed by atoms with van der Waals surface area (Å²) >= 11 is 0. The Balaban J connectivity index is 0. The second kappa shape index (κ2) is 10.6. The standard InChI is InChI=1S/C12H12O.2C2H6.CH4/c1-9-3-6-11(7-4-9)12-8-5-10(2)13-12;2*1-2;/h3-8H,1-2H3;2*1-2H3;1H4. The molecule has 0 unspecified atom stereocenters. The first-order valence-electron chi connectivity index (χ1n) is 6.39. The van der Waals surface area contributed by atoms with Crippen molar-refractivity contribution in [3.63, 3.8) is 0 Å². The van der Waals surface area contributed by atoms with E-state index < -0.39 is 0 Å². The Labute approximate surface area is 113 Å². The van der Waals surface area contributed by atoms with Gasteiger partial charge in [0.05, 0.1) is 0 Å². The molecular weight excluding hydrogens is 220 g/mol. The Morgan fingerprint density at radius 2 is 1.22 bits per heavy atom. The zero-order valence-electron chi connectivity index (χ0n) is 11.9. The lowest BCUT2D eigenvalue weighted by atomic mass is 10.1. The van der Waals surface area contributed by atoms with Gasteiger partial charge in [-0.1, -0.05) is 65.0 Å². The third-order valence-corrected chi connectivity index (χ3v) is 2.08. The molecule has 0 saturated heterocycles. The summed E-state index contributed by atoms with van der Waals surface area (Å²) in [6.07, 6.45) is 0. The number of hydrogen-bond donors (Lipinski definition) is 0. The van der Waals surface area contributed by atoms with Crippen LogP contribution in [0.15, 0.2) is 40.8 Å². The summed E-state index contributed by atoms with van der Waals surface area (Å²) in [5, 5.41) is 0. The van der Waals surface area contributed by atoms with Crippen LogP contribution in [0.2, 0.25) is 0 Å². The van der Waals surface area contributed by atoms with Crippen molar-refractivity contribution in [3.8, 4) is 11.3 Å². The van der Waals surface area contributed by atoms with Crippen molar-refractivity contribution in [2.24, 2.45) is 0 Å². The van der Waals surface area contributed by atoms with Gasteiger partial charge in [-0.05, 0) is 26.0 Å². The van der Waals surface area contributed by atoms with Crippen molar-refractivity contribution in [2.45, 2.75) is 49.0 Å². The monoisotopic (exact) mass is 248 g/mol. The summed E-state index contributed by atoms with van der Waals surface area (Å²) in [6.45, 7) is 12.0. The van der Waals surface area contributed by atoms with Gasteiger partial charge < -0.3 is 4.42 Å². The van der Waals surface area contributed by atoms with E-state index in [1.807, 2.05) is 46.8 Å². The summed E-state index contributed by atoms with van der Waals surface area (Å²) in [5.41, 5.74) is 2.41. The van der Waals surface area contributed by atoms with E-state index in [-0.39, 0.29) is 7.43 Å². The fourth-order valence-corrected chi connectivity index (χ4v) is 1.31. The van der Waals surface area contributed by atoms with E-state index >= 15 is 0 Å². The highest BCUT2D eigenvalue weighted by Crippen LogP contribution is 2.21. The third kappa shape index (κ3) is 5.72. The Hall–Kier alpha value is -1.50. The minimum Gasteiger partial charge on any atom is -0.461 e. The van der Waals surface area contributed by atoms with Gasteiger partial charge in [0.1, 0.15) is 11.5 Å². The smallest absolute Gasteiger partial charge is 0.134 e. The van der Waals surface area contributed by atoms with Crippen LogP contribution in [0, 0.1) is 13.8 Å². The number of rotatable bonds is 1. The van der Waals surface area contributed by atoms with Crippen LogP contribution in [0.3, 0.4) is 0 Å². The molecule has 0 bridgehead atoms. The van der Waals surface area contributed by atoms with Gasteiger partial charge in [0.25, 0.3) is 0 Å². The van der Waals surface area contributed by atoms with Crippen molar-refractivity contribution in [1.82, 2.24) is 0 Å². The minimum atomic E-state index is 0. The lowest BCUT2D eigenvalue weighted by Crippen LogP contribution is -1.74. The zero-order valence-corrected chi connectivity index (χ0v) is 11.9. The average Bonchev–Trinajstić information content (AvgIpc) is 2.82. The molecule has 1 heterocycles. The highest BCUT2D eigenvalue weighted by molar-refractivity contribution is 5.57. The molecule has 0 aliphatic rings. The highest BCUT2D eigenvalue weighted by Gasteiger charge is 2.00. The van der Waals surface area contributed by atoms with E-state index in [9.17, 15) is 0 Å². The molecule has 1 heteroatoms. The van der Waals surface area contributed by atoms with Gasteiger partial charge in [0, 0.05) is 5.56 Å². The maximum absolute atomic E-state index is 5.51. The molecule has 0 radical (unpaired) electrons. The van der Waals surface area contributed by atoms with Crippen LogP contribution in [-0.2, 0) is 0 Å². The second-order valence-electron chi connectivity index (χ2n) is 3.28. The molecule has 1 nitrogen and oxygen atoms in total. The molecule has 2 aromatic rings. The van der Waals surface area contributed by atoms with Gasteiger partial charge >= 0.3 is 0 Å². The van der Waals surface area contributed by atoms with Crippen LogP contribution >= 0.6 is 0 Å². The van der Waals surface area contributed by atoms with Crippen molar-refractivity contribution in [3.05, 3.63) is 47.7 Å². The Bertz CT molecular complexity index is 396. The summed E-state index contributed by atoms with van der Waals surface area (Å²) in [5.74, 6) is 1.90. The van der Waals surface area contributed by atoms with Crippen molar-refractivity contribution in [2.75, 3.05) is 0 Å². The summed E-state index contributed by atoms with van der Waals surface area (Å²) < 4.78 is 5.51. The second-order valence-corrected chi connectivity index (χ2v) is 3.28. The van der Waals surface area contributed by atoms with Crippen LogP contribution in [0.25, 0.3) is 11.3 Å². The molecular formula is C17H28O. The van der Waals surface area contributed by atoms with Crippen LogP contribution in [0.5, 0.6) is 0 Å². The normalized spacial score (nSPS) is 8.11. The number of hydrogen-bond acceptors (Lipinski definition) is 1. The number of aryl methyl sites for hydroxylation is 2. The quantitative estimate of drug-likeness (QED) is 0.581. The molecule has 0 atom stereocenters. The molecule has 0 aliphatic heterocycles. The van der Waals surface area contributed by atoms with E-state index in [0.29, 0.717) is 0 Å². The Kier molecular flexibility index (Phi) is 11.1. The maximum Gasteiger partial charge on any atom is 0.134 e. The molecule has 0 fully saturated rings. The predicted molar refractivity (Wildman–Crippen MR) is 83.0 cm³/mol. The first kappa shape index (κ1) is 18.9. The highest BCUT2D eigenvalue weighted by atomic mass is 16.3. The van der Waals surface area contributed by atoms with E-state index in [2.05, 4.69) is 31.2 Å². The van der Waals surface area contributed by atoms with E-state index in [1.54, 1.807) is 0 Å². The van der Waals surface area contributed by atoms with Crippen LogP contribution in [0.4, 0.5) is 0 Å². The van der Waals surface area contributed by atoms with E-state index in [0.717, 1.165) is 17.1 Å². The summed E-state index contributed by atoms with van der Waals surface area (Å²) in [6, 6.07) is 12.3. The molecule has 0 N–H and O–H groups in total. The third-order valence-electron chi connectivity index (χ3n) is 2.08. The number of furan rings is 1. The van der Waals surface area contributed by atoms with Gasteiger partial charge in [-0.25, -0.2) is 0 Å². The Morgan fingerprint density at radius 1 is 0.722 bits per heavy atom. The van der Waals surface area contributed by atoms with Crippen LogP contribution in [0.1, 0.15) is 46.4 Å². The molecule has 0 aliphatic carbocycles. The predicted octanol–water partition coefficient (Wildman–Crippen LogP) is 6.25. The van der Waals surface area contributed by atoms with Gasteiger partial charge in [0.2, 0.25) is 0 Å². The molecule has 18 heavy (non-hydrogen) atoms. The summed E-state index contributed by atoms with van der Waals surface area (Å²) in [7, 11) is 0. The lowest BCUT2D eigenvalue weighted by Gasteiger charge is -1.96. The van der Waals surface area contributed by atoms with E-state index in [4.69, 9.17) is 4.42 Å². The fraction of sp³-hybridized carbons (Fsp3) is 0.412. The average molecular weight is 248 g/mol. The molecule has 0 spiro atoms. The van der Waals surface area contributed by atoms with Crippen LogP contribution < -0.4 is 0 Å². The van der Waals surface area contributed by atoms with Gasteiger partial charge in [-0.3, -0.25) is 0 Å². The fourth-order valence-electron chi connectivity index (χ4n) is 1.31. The number of benzene rings is 1. The SMILES string of the molecule is C.CC.CC.Cc1ccc(-c2ccc(C)o2)cc1. The Morgan fingerprint density at radius 3 is 1.61 bits per heavy atom. The first-order chi connectivity index (χ1) is 8.25. The molecule has 0 saturated carbocycles. The van der Waals surface area contributed by atoms with E-state index in [1.165, 1.54) is 5.56 Å². The van der Waals surface area contributed by atoms with Crippen molar-refractivity contribution in [1.29, 1.82) is 0 Å². The van der Waals surface area contributed by atoms with Gasteiger partial charge in [0.15, 0.2) is 0 Å². The van der Waals surface area contributed by atoms with Crippen molar-refractivity contribution >= 4 is 0 Å². The minimum absolute atomic E-state index is 0.